The Hall–Kier alpha value is -9.39. The Morgan fingerprint density at radius 2 is 0.420 bits per heavy atom. The van der Waals surface area contributed by atoms with Crippen LogP contribution >= 0.6 is 0 Å². The number of nitrogens with zero attached hydrogens (tertiary/aromatic N) is 3. The maximum Gasteiger partial charge on any atom is 0.138 e. The number of benzene rings is 10. The molecule has 0 saturated heterocycles. The van der Waals surface area contributed by atoms with Crippen LogP contribution in [-0.4, -0.2) is 29.9 Å². The molecule has 10 aromatic carbocycles. The van der Waals surface area contributed by atoms with Gasteiger partial charge in [0.05, 0.1) is 33.1 Å². The summed E-state index contributed by atoms with van der Waals surface area (Å²) < 4.78 is 0. The zero-order valence-electron chi connectivity index (χ0n) is 37.4. The molecule has 0 fully saturated rings. The van der Waals surface area contributed by atoms with E-state index in [-0.39, 0.29) is 0 Å². The lowest BCUT2D eigenvalue weighted by Gasteiger charge is -2.18. The molecule has 0 aliphatic carbocycles. The molecule has 324 valence electrons. The van der Waals surface area contributed by atoms with Gasteiger partial charge in [-0.2, -0.15) is 0 Å². The lowest BCUT2D eigenvalue weighted by atomic mass is 9.86. The lowest BCUT2D eigenvalue weighted by Crippen LogP contribution is -1.92. The summed E-state index contributed by atoms with van der Waals surface area (Å²) in [6.45, 7) is 0. The molecule has 0 unspecified atom stereocenters. The quantitative estimate of drug-likeness (QED) is 0.135. The molecule has 13 aromatic rings. The second-order valence-corrected chi connectivity index (χ2v) is 17.5. The van der Waals surface area contributed by atoms with Gasteiger partial charge in [0.1, 0.15) is 17.5 Å². The molecule has 3 aromatic heterocycles. The SMILES string of the molecule is c1ccc(-c2cc(-c3ccccc3-c3ccc(-c4nc5ccccc5[nH]4)cc3)cc(-c3ccccc3-c3ccc(-c4nc5ccccc5[nH]4)cc3)c2)c(-c2ccc(-c3nc4ccccc4[nH]3)cc2)c1. The van der Waals surface area contributed by atoms with E-state index in [0.717, 1.165) is 134 Å². The monoisotopic (exact) mass is 882 g/mol. The summed E-state index contributed by atoms with van der Waals surface area (Å²) in [7, 11) is 0. The first-order valence-electron chi connectivity index (χ1n) is 23.3. The van der Waals surface area contributed by atoms with Crippen LogP contribution in [0.3, 0.4) is 0 Å². The molecule has 69 heavy (non-hydrogen) atoms. The van der Waals surface area contributed by atoms with Crippen molar-refractivity contribution in [1.29, 1.82) is 0 Å². The van der Waals surface area contributed by atoms with Gasteiger partial charge in [0.2, 0.25) is 0 Å². The van der Waals surface area contributed by atoms with E-state index in [2.05, 4.69) is 197 Å². The van der Waals surface area contributed by atoms with Crippen LogP contribution in [0.1, 0.15) is 0 Å². The van der Waals surface area contributed by atoms with Crippen molar-refractivity contribution < 1.29 is 0 Å². The minimum atomic E-state index is 0.860. The van der Waals surface area contributed by atoms with Crippen LogP contribution in [0.15, 0.2) is 237 Å². The minimum Gasteiger partial charge on any atom is -0.338 e. The zero-order chi connectivity index (χ0) is 45.7. The van der Waals surface area contributed by atoms with Crippen molar-refractivity contribution in [2.45, 2.75) is 0 Å². The Kier molecular flexibility index (Phi) is 9.72. The fourth-order valence-electron chi connectivity index (χ4n) is 9.75. The third kappa shape index (κ3) is 7.47. The van der Waals surface area contributed by atoms with Crippen molar-refractivity contribution in [2.75, 3.05) is 0 Å². The van der Waals surface area contributed by atoms with E-state index in [1.54, 1.807) is 0 Å². The average Bonchev–Trinajstić information content (AvgIpc) is 4.19. The van der Waals surface area contributed by atoms with Crippen molar-refractivity contribution in [2.24, 2.45) is 0 Å². The smallest absolute Gasteiger partial charge is 0.138 e. The molecular formula is C63H42N6. The van der Waals surface area contributed by atoms with E-state index < -0.39 is 0 Å². The molecule has 6 nitrogen and oxygen atoms in total. The van der Waals surface area contributed by atoms with Gasteiger partial charge < -0.3 is 15.0 Å². The maximum absolute atomic E-state index is 4.87. The summed E-state index contributed by atoms with van der Waals surface area (Å²) in [6, 6.07) is 84.0. The maximum atomic E-state index is 4.87. The largest absolute Gasteiger partial charge is 0.338 e. The van der Waals surface area contributed by atoms with Crippen molar-refractivity contribution in [3.05, 3.63) is 237 Å². The first-order chi connectivity index (χ1) is 34.1. The molecule has 0 atom stereocenters. The highest BCUT2D eigenvalue weighted by Gasteiger charge is 2.17. The van der Waals surface area contributed by atoms with E-state index in [1.165, 1.54) is 0 Å². The third-order valence-corrected chi connectivity index (χ3v) is 13.2. The number of hydrogen-bond donors (Lipinski definition) is 3. The van der Waals surface area contributed by atoms with Crippen LogP contribution in [0.25, 0.3) is 134 Å². The molecule has 0 amide bonds. The highest BCUT2D eigenvalue weighted by Crippen LogP contribution is 2.43. The first-order valence-corrected chi connectivity index (χ1v) is 23.3. The van der Waals surface area contributed by atoms with E-state index >= 15 is 0 Å². The van der Waals surface area contributed by atoms with Gasteiger partial charge in [-0.1, -0.05) is 182 Å². The topological polar surface area (TPSA) is 86.0 Å². The van der Waals surface area contributed by atoms with Gasteiger partial charge in [-0.25, -0.2) is 15.0 Å². The predicted molar refractivity (Wildman–Crippen MR) is 284 cm³/mol. The number of fused-ring (bicyclic) bond motifs is 3. The molecule has 0 aliphatic rings. The Morgan fingerprint density at radius 3 is 0.681 bits per heavy atom. The average molecular weight is 883 g/mol. The molecule has 0 spiro atoms. The number of H-pyrrole nitrogens is 3. The van der Waals surface area contributed by atoms with Gasteiger partial charge in [-0.05, 0) is 121 Å². The van der Waals surface area contributed by atoms with Crippen molar-refractivity contribution >= 4 is 33.1 Å². The lowest BCUT2D eigenvalue weighted by molar-refractivity contribution is 1.34. The second-order valence-electron chi connectivity index (χ2n) is 17.5. The molecule has 0 bridgehead atoms. The molecule has 0 radical (unpaired) electrons. The Morgan fingerprint density at radius 1 is 0.203 bits per heavy atom. The molecule has 0 aliphatic heterocycles. The van der Waals surface area contributed by atoms with Crippen LogP contribution in [-0.2, 0) is 0 Å². The fraction of sp³-hybridized carbons (Fsp3) is 0. The zero-order valence-corrected chi connectivity index (χ0v) is 37.4. The Labute approximate surface area is 398 Å². The van der Waals surface area contributed by atoms with E-state index in [4.69, 9.17) is 15.0 Å². The number of hydrogen-bond acceptors (Lipinski definition) is 3. The van der Waals surface area contributed by atoms with Crippen LogP contribution < -0.4 is 0 Å². The van der Waals surface area contributed by atoms with Crippen molar-refractivity contribution in [3.63, 3.8) is 0 Å². The summed E-state index contributed by atoms with van der Waals surface area (Å²) >= 11 is 0. The second kappa shape index (κ2) is 16.8. The molecule has 6 heteroatoms. The third-order valence-electron chi connectivity index (χ3n) is 13.2. The predicted octanol–water partition coefficient (Wildman–Crippen LogP) is 16.3. The molecule has 0 saturated carbocycles. The van der Waals surface area contributed by atoms with E-state index in [1.807, 2.05) is 54.6 Å². The van der Waals surface area contributed by atoms with Crippen molar-refractivity contribution in [3.8, 4) is 101 Å². The van der Waals surface area contributed by atoms with Gasteiger partial charge in [0.25, 0.3) is 0 Å². The van der Waals surface area contributed by atoms with Gasteiger partial charge >= 0.3 is 0 Å². The van der Waals surface area contributed by atoms with Crippen LogP contribution in [0.2, 0.25) is 0 Å². The van der Waals surface area contributed by atoms with Crippen LogP contribution in [0, 0.1) is 0 Å². The Bertz CT molecular complexity index is 3480. The first kappa shape index (κ1) is 39.9. The van der Waals surface area contributed by atoms with E-state index in [9.17, 15) is 0 Å². The number of aromatic nitrogens is 6. The van der Waals surface area contributed by atoms with Gasteiger partial charge in [-0.3, -0.25) is 0 Å². The van der Waals surface area contributed by atoms with Crippen molar-refractivity contribution in [1.82, 2.24) is 29.9 Å². The molecule has 13 rings (SSSR count). The number of imidazole rings is 3. The number of para-hydroxylation sites is 6. The summed E-state index contributed by atoms with van der Waals surface area (Å²) in [5.74, 6) is 2.58. The highest BCUT2D eigenvalue weighted by atomic mass is 14.9. The van der Waals surface area contributed by atoms with Crippen LogP contribution in [0.5, 0.6) is 0 Å². The highest BCUT2D eigenvalue weighted by molar-refractivity contribution is 5.95. The van der Waals surface area contributed by atoms with E-state index in [0.29, 0.717) is 0 Å². The van der Waals surface area contributed by atoms with Gasteiger partial charge in [-0.15, -0.1) is 0 Å². The molecular weight excluding hydrogens is 841 g/mol. The standard InChI is InChI=1S/C63H42N6/c1-4-16-52(49(13-1)40-25-31-43(32-26-40)61-64-55-19-7-8-20-56(55)65-61)46-37-47(53-17-5-2-14-50(53)41-27-33-44(34-28-41)62-66-57-21-9-10-22-58(57)67-62)39-48(38-46)54-18-6-3-15-51(54)42-29-35-45(36-30-42)63-68-59-23-11-12-24-60(59)69-63/h1-39H,(H,64,65)(H,66,67)(H,68,69). The summed E-state index contributed by atoms with van der Waals surface area (Å²) in [5, 5.41) is 0. The molecule has 3 heterocycles. The number of rotatable bonds is 9. The van der Waals surface area contributed by atoms with Gasteiger partial charge in [0.15, 0.2) is 0 Å². The summed E-state index contributed by atoms with van der Waals surface area (Å²) in [6.07, 6.45) is 0. The fourth-order valence-corrected chi connectivity index (χ4v) is 9.75. The summed E-state index contributed by atoms with van der Waals surface area (Å²) in [4.78, 5) is 25.1. The molecule has 3 N–H and O–H groups in total. The number of nitrogens with one attached hydrogen (secondary N) is 3. The summed E-state index contributed by atoms with van der Waals surface area (Å²) in [5.41, 5.74) is 22.8. The van der Waals surface area contributed by atoms with Gasteiger partial charge in [0, 0.05) is 16.7 Å². The number of aromatic amines is 3. The Balaban J connectivity index is 0.927. The van der Waals surface area contributed by atoms with Crippen LogP contribution in [0.4, 0.5) is 0 Å². The minimum absolute atomic E-state index is 0.860. The normalized spacial score (nSPS) is 11.5.